The van der Waals surface area contributed by atoms with Crippen molar-refractivity contribution in [2.45, 2.75) is 38.7 Å². The summed E-state index contributed by atoms with van der Waals surface area (Å²) < 4.78 is 4.23. The average molecular weight is 227 g/mol. The Morgan fingerprint density at radius 2 is 2.40 bits per heavy atom. The van der Waals surface area contributed by atoms with Crippen LogP contribution in [0.15, 0.2) is 0 Å². The van der Waals surface area contributed by atoms with Crippen LogP contribution in [0, 0.1) is 5.92 Å². The van der Waals surface area contributed by atoms with Crippen LogP contribution < -0.4 is 5.32 Å². The van der Waals surface area contributed by atoms with Crippen molar-refractivity contribution in [1.29, 1.82) is 0 Å². The molecule has 1 saturated carbocycles. The first-order valence-electron chi connectivity index (χ1n) is 5.54. The van der Waals surface area contributed by atoms with E-state index < -0.39 is 0 Å². The predicted molar refractivity (Wildman–Crippen MR) is 61.1 cm³/mol. The van der Waals surface area contributed by atoms with Crippen molar-refractivity contribution in [3.63, 3.8) is 0 Å². The van der Waals surface area contributed by atoms with Gasteiger partial charge in [-0.25, -0.2) is 4.98 Å². The number of aliphatic hydroxyl groups is 1. The lowest BCUT2D eigenvalue weighted by Crippen LogP contribution is -2.21. The third kappa shape index (κ3) is 3.14. The van der Waals surface area contributed by atoms with Gasteiger partial charge in [-0.15, -0.1) is 0 Å². The van der Waals surface area contributed by atoms with E-state index in [9.17, 15) is 5.11 Å². The second-order valence-corrected chi connectivity index (χ2v) is 4.80. The molecule has 15 heavy (non-hydrogen) atoms. The lowest BCUT2D eigenvalue weighted by Gasteiger charge is -2.08. The first-order chi connectivity index (χ1) is 7.29. The third-order valence-corrected chi connectivity index (χ3v) is 3.28. The number of nitrogens with zero attached hydrogens (tertiary/aromatic N) is 2. The molecule has 1 atom stereocenters. The average Bonchev–Trinajstić information content (AvgIpc) is 2.98. The second kappa shape index (κ2) is 4.90. The molecule has 0 aromatic carbocycles. The lowest BCUT2D eigenvalue weighted by molar-refractivity contribution is 0.164. The Kier molecular flexibility index (Phi) is 3.53. The maximum absolute atomic E-state index is 9.65. The molecule has 1 aliphatic rings. The Labute approximate surface area is 93.9 Å². The smallest absolute Gasteiger partial charge is 0.202 e. The SMILES string of the molecule is CCCc1nsc(NCC(O)C2CC2)n1. The van der Waals surface area contributed by atoms with Crippen molar-refractivity contribution >= 4 is 16.7 Å². The maximum atomic E-state index is 9.65. The normalized spacial score (nSPS) is 17.7. The quantitative estimate of drug-likeness (QED) is 0.776. The van der Waals surface area contributed by atoms with Crippen molar-refractivity contribution in [2.75, 3.05) is 11.9 Å². The Balaban J connectivity index is 1.76. The molecule has 4 nitrogen and oxygen atoms in total. The van der Waals surface area contributed by atoms with E-state index in [1.807, 2.05) is 0 Å². The van der Waals surface area contributed by atoms with Crippen LogP contribution in [-0.2, 0) is 6.42 Å². The van der Waals surface area contributed by atoms with E-state index in [1.54, 1.807) is 0 Å². The van der Waals surface area contributed by atoms with Crippen LogP contribution in [0.2, 0.25) is 0 Å². The summed E-state index contributed by atoms with van der Waals surface area (Å²) >= 11 is 1.38. The Hall–Kier alpha value is -0.680. The van der Waals surface area contributed by atoms with E-state index in [0.717, 1.165) is 23.8 Å². The van der Waals surface area contributed by atoms with Crippen molar-refractivity contribution < 1.29 is 5.11 Å². The Morgan fingerprint density at radius 3 is 3.07 bits per heavy atom. The predicted octanol–water partition coefficient (Wildman–Crippen LogP) is 1.67. The molecular weight excluding hydrogens is 210 g/mol. The molecule has 5 heteroatoms. The molecule has 1 aromatic heterocycles. The number of hydrogen-bond donors (Lipinski definition) is 2. The summed E-state index contributed by atoms with van der Waals surface area (Å²) in [6.07, 6.45) is 4.12. The van der Waals surface area contributed by atoms with Crippen molar-refractivity contribution in [3.05, 3.63) is 5.82 Å². The molecule has 0 aliphatic heterocycles. The molecule has 0 spiro atoms. The highest BCUT2D eigenvalue weighted by Crippen LogP contribution is 2.32. The number of anilines is 1. The van der Waals surface area contributed by atoms with Crippen LogP contribution in [0.4, 0.5) is 5.13 Å². The maximum Gasteiger partial charge on any atom is 0.202 e. The van der Waals surface area contributed by atoms with Crippen molar-refractivity contribution in [2.24, 2.45) is 5.92 Å². The highest BCUT2D eigenvalue weighted by Gasteiger charge is 2.29. The summed E-state index contributed by atoms with van der Waals surface area (Å²) in [4.78, 5) is 4.34. The minimum atomic E-state index is -0.219. The van der Waals surface area contributed by atoms with Gasteiger partial charge in [-0.1, -0.05) is 6.92 Å². The van der Waals surface area contributed by atoms with Gasteiger partial charge in [0.15, 0.2) is 0 Å². The highest BCUT2D eigenvalue weighted by molar-refractivity contribution is 7.09. The van der Waals surface area contributed by atoms with Gasteiger partial charge in [-0.05, 0) is 25.2 Å². The fourth-order valence-corrected chi connectivity index (χ4v) is 2.11. The summed E-state index contributed by atoms with van der Waals surface area (Å²) in [5.41, 5.74) is 0. The third-order valence-electron chi connectivity index (χ3n) is 2.57. The van der Waals surface area contributed by atoms with Gasteiger partial charge in [-0.3, -0.25) is 0 Å². The summed E-state index contributed by atoms with van der Waals surface area (Å²) in [6, 6.07) is 0. The molecule has 0 saturated heterocycles. The van der Waals surface area contributed by atoms with Gasteiger partial charge in [0.25, 0.3) is 0 Å². The van der Waals surface area contributed by atoms with Gasteiger partial charge in [-0.2, -0.15) is 4.37 Å². The number of aryl methyl sites for hydroxylation is 1. The number of aromatic nitrogens is 2. The molecule has 2 N–H and O–H groups in total. The van der Waals surface area contributed by atoms with Crippen LogP contribution >= 0.6 is 11.5 Å². The molecule has 1 aromatic rings. The van der Waals surface area contributed by atoms with Crippen molar-refractivity contribution in [3.8, 4) is 0 Å². The van der Waals surface area contributed by atoms with Gasteiger partial charge in [0.05, 0.1) is 6.10 Å². The van der Waals surface area contributed by atoms with Crippen molar-refractivity contribution in [1.82, 2.24) is 9.36 Å². The first-order valence-corrected chi connectivity index (χ1v) is 6.31. The Bertz CT molecular complexity index is 311. The second-order valence-electron chi connectivity index (χ2n) is 4.05. The molecule has 1 aliphatic carbocycles. The summed E-state index contributed by atoms with van der Waals surface area (Å²) in [6.45, 7) is 2.72. The molecule has 1 heterocycles. The zero-order chi connectivity index (χ0) is 10.7. The monoisotopic (exact) mass is 227 g/mol. The van der Waals surface area contributed by atoms with E-state index in [1.165, 1.54) is 24.4 Å². The van der Waals surface area contributed by atoms with Gasteiger partial charge in [0.1, 0.15) is 5.82 Å². The van der Waals surface area contributed by atoms with Crippen LogP contribution in [-0.4, -0.2) is 27.1 Å². The van der Waals surface area contributed by atoms with E-state index in [0.29, 0.717) is 12.5 Å². The number of rotatable bonds is 6. The summed E-state index contributed by atoms with van der Waals surface area (Å²) in [7, 11) is 0. The lowest BCUT2D eigenvalue weighted by atomic mass is 10.2. The molecule has 84 valence electrons. The van der Waals surface area contributed by atoms with Gasteiger partial charge in [0.2, 0.25) is 5.13 Å². The molecule has 0 radical (unpaired) electrons. The Morgan fingerprint density at radius 1 is 1.60 bits per heavy atom. The van der Waals surface area contributed by atoms with E-state index in [-0.39, 0.29) is 6.10 Å². The molecule has 1 unspecified atom stereocenters. The zero-order valence-electron chi connectivity index (χ0n) is 8.94. The largest absolute Gasteiger partial charge is 0.391 e. The topological polar surface area (TPSA) is 58.0 Å². The minimum absolute atomic E-state index is 0.219. The molecule has 0 amide bonds. The molecule has 0 bridgehead atoms. The van der Waals surface area contributed by atoms with Crippen LogP contribution in [0.5, 0.6) is 0 Å². The van der Waals surface area contributed by atoms with Gasteiger partial charge < -0.3 is 10.4 Å². The van der Waals surface area contributed by atoms with E-state index in [2.05, 4.69) is 21.6 Å². The minimum Gasteiger partial charge on any atom is -0.391 e. The number of aliphatic hydroxyl groups excluding tert-OH is 1. The molecule has 2 rings (SSSR count). The molecule has 1 fully saturated rings. The van der Waals surface area contributed by atoms with E-state index >= 15 is 0 Å². The van der Waals surface area contributed by atoms with Crippen LogP contribution in [0.25, 0.3) is 0 Å². The summed E-state index contributed by atoms with van der Waals surface area (Å²) in [5, 5.41) is 13.6. The summed E-state index contributed by atoms with van der Waals surface area (Å²) in [5.74, 6) is 1.42. The zero-order valence-corrected chi connectivity index (χ0v) is 9.76. The number of hydrogen-bond acceptors (Lipinski definition) is 5. The van der Waals surface area contributed by atoms with Gasteiger partial charge in [0, 0.05) is 24.5 Å². The highest BCUT2D eigenvalue weighted by atomic mass is 32.1. The standard InChI is InChI=1S/C10H17N3OS/c1-2-3-9-12-10(15-13-9)11-6-8(14)7-4-5-7/h7-8,14H,2-6H2,1H3,(H,11,12,13). The number of nitrogens with one attached hydrogen (secondary N) is 1. The van der Waals surface area contributed by atoms with Gasteiger partial charge >= 0.3 is 0 Å². The van der Waals surface area contributed by atoms with E-state index in [4.69, 9.17) is 0 Å². The molecular formula is C10H17N3OS. The fraction of sp³-hybridized carbons (Fsp3) is 0.800. The fourth-order valence-electron chi connectivity index (χ4n) is 1.49. The van der Waals surface area contributed by atoms with Crippen LogP contribution in [0.1, 0.15) is 32.0 Å². The van der Waals surface area contributed by atoms with Crippen LogP contribution in [0.3, 0.4) is 0 Å². The first kappa shape index (κ1) is 10.8.